The van der Waals surface area contributed by atoms with Crippen molar-refractivity contribution < 1.29 is 9.59 Å². The average Bonchev–Trinajstić information content (AvgIpc) is 2.74. The van der Waals surface area contributed by atoms with E-state index in [0.29, 0.717) is 24.6 Å². The second-order valence-corrected chi connectivity index (χ2v) is 7.70. The first kappa shape index (κ1) is 25.6. The van der Waals surface area contributed by atoms with Crippen molar-refractivity contribution in [2.24, 2.45) is 10.9 Å². The molecule has 7 nitrogen and oxygen atoms in total. The summed E-state index contributed by atoms with van der Waals surface area (Å²) >= 11 is 0. The van der Waals surface area contributed by atoms with E-state index < -0.39 is 0 Å². The van der Waals surface area contributed by atoms with Gasteiger partial charge >= 0.3 is 0 Å². The molecule has 1 saturated carbocycles. The summed E-state index contributed by atoms with van der Waals surface area (Å²) in [5, 5.41) is 12.3. The fourth-order valence-corrected chi connectivity index (χ4v) is 3.42. The smallest absolute Gasteiger partial charge is 0.251 e. The van der Waals surface area contributed by atoms with Gasteiger partial charge in [0.1, 0.15) is 0 Å². The summed E-state index contributed by atoms with van der Waals surface area (Å²) in [4.78, 5) is 28.2. The quantitative estimate of drug-likeness (QED) is 0.231. The van der Waals surface area contributed by atoms with Crippen molar-refractivity contribution in [2.45, 2.75) is 32.2 Å². The topological polar surface area (TPSA) is 94.6 Å². The molecule has 0 bridgehead atoms. The van der Waals surface area contributed by atoms with Crippen LogP contribution in [0.2, 0.25) is 0 Å². The van der Waals surface area contributed by atoms with Crippen LogP contribution in [0.4, 0.5) is 5.69 Å². The maximum atomic E-state index is 12.2. The van der Waals surface area contributed by atoms with Crippen LogP contribution in [0, 0.1) is 5.92 Å². The molecule has 8 heteroatoms. The molecule has 1 fully saturated rings. The fraction of sp³-hybridized carbons (Fsp3) is 0.375. The van der Waals surface area contributed by atoms with Crippen LogP contribution in [0.5, 0.6) is 0 Å². The van der Waals surface area contributed by atoms with Crippen LogP contribution in [0.3, 0.4) is 0 Å². The third kappa shape index (κ3) is 7.51. The van der Waals surface area contributed by atoms with Crippen LogP contribution < -0.4 is 21.3 Å². The number of guanidine groups is 1. The van der Waals surface area contributed by atoms with E-state index >= 15 is 0 Å². The monoisotopic (exact) mass is 549 g/mol. The van der Waals surface area contributed by atoms with Gasteiger partial charge in [-0.2, -0.15) is 0 Å². The normalized spacial score (nSPS) is 13.4. The first-order valence-corrected chi connectivity index (χ1v) is 10.7. The van der Waals surface area contributed by atoms with E-state index in [1.54, 1.807) is 20.2 Å². The molecule has 172 valence electrons. The van der Waals surface area contributed by atoms with Crippen molar-refractivity contribution in [3.05, 3.63) is 65.2 Å². The molecule has 0 aliphatic heterocycles. The molecule has 3 rings (SSSR count). The maximum Gasteiger partial charge on any atom is 0.251 e. The molecule has 0 saturated heterocycles. The van der Waals surface area contributed by atoms with Gasteiger partial charge < -0.3 is 21.3 Å². The highest BCUT2D eigenvalue weighted by Gasteiger charge is 2.25. The molecule has 2 aromatic rings. The zero-order valence-corrected chi connectivity index (χ0v) is 20.9. The SMILES string of the molecule is CN=C(NCCc1cccc(C(=O)NC)c1)NCc1cccc(NC(=O)C2CCC2)c1.I. The van der Waals surface area contributed by atoms with E-state index in [0.717, 1.165) is 42.5 Å². The van der Waals surface area contributed by atoms with Gasteiger partial charge in [0.25, 0.3) is 5.91 Å². The molecule has 2 aromatic carbocycles. The average molecular weight is 549 g/mol. The summed E-state index contributed by atoms with van der Waals surface area (Å²) in [6, 6.07) is 15.5. The Morgan fingerprint density at radius 1 is 1.03 bits per heavy atom. The third-order valence-electron chi connectivity index (χ3n) is 5.48. The lowest BCUT2D eigenvalue weighted by Gasteiger charge is -2.24. The first-order valence-electron chi connectivity index (χ1n) is 10.7. The standard InChI is InChI=1S/C24H31N5O2.HI/c1-25-22(30)20-10-3-6-17(14-20)12-13-27-24(26-2)28-16-18-7-4-11-21(15-18)29-23(31)19-8-5-9-19;/h3-4,6-7,10-11,14-15,19H,5,8-9,12-13,16H2,1-2H3,(H,25,30)(H,29,31)(H2,26,27,28);1H. The molecular formula is C24H32IN5O2. The van der Waals surface area contributed by atoms with Gasteiger partial charge in [-0.05, 0) is 54.7 Å². The number of aliphatic imine (C=N–C) groups is 1. The van der Waals surface area contributed by atoms with E-state index in [4.69, 9.17) is 0 Å². The zero-order chi connectivity index (χ0) is 22.1. The van der Waals surface area contributed by atoms with Crippen molar-refractivity contribution in [2.75, 3.05) is 26.0 Å². The number of anilines is 1. The molecule has 0 radical (unpaired) electrons. The maximum absolute atomic E-state index is 12.2. The van der Waals surface area contributed by atoms with Crippen LogP contribution in [0.1, 0.15) is 40.7 Å². The molecule has 0 heterocycles. The van der Waals surface area contributed by atoms with Gasteiger partial charge in [0, 0.05) is 44.4 Å². The summed E-state index contributed by atoms with van der Waals surface area (Å²) in [5.41, 5.74) is 3.63. The van der Waals surface area contributed by atoms with Gasteiger partial charge in [0.15, 0.2) is 5.96 Å². The molecule has 2 amide bonds. The lowest BCUT2D eigenvalue weighted by molar-refractivity contribution is -0.122. The number of benzene rings is 2. The highest BCUT2D eigenvalue weighted by Crippen LogP contribution is 2.27. The van der Waals surface area contributed by atoms with Crippen LogP contribution in [-0.2, 0) is 17.8 Å². The van der Waals surface area contributed by atoms with Gasteiger partial charge in [-0.25, -0.2) is 0 Å². The summed E-state index contributed by atoms with van der Waals surface area (Å²) in [7, 11) is 3.36. The number of rotatable bonds is 8. The summed E-state index contributed by atoms with van der Waals surface area (Å²) < 4.78 is 0. The minimum absolute atomic E-state index is 0. The molecule has 32 heavy (non-hydrogen) atoms. The summed E-state index contributed by atoms with van der Waals surface area (Å²) in [6.07, 6.45) is 3.90. The second kappa shape index (κ2) is 13.0. The number of amides is 2. The number of carbonyl (C=O) groups is 2. The molecule has 1 aliphatic carbocycles. The van der Waals surface area contributed by atoms with Gasteiger partial charge in [0.2, 0.25) is 5.91 Å². The van der Waals surface area contributed by atoms with Crippen molar-refractivity contribution in [1.29, 1.82) is 0 Å². The predicted octanol–water partition coefficient (Wildman–Crippen LogP) is 3.31. The molecular weight excluding hydrogens is 517 g/mol. The van der Waals surface area contributed by atoms with Gasteiger partial charge in [-0.3, -0.25) is 14.6 Å². The fourth-order valence-electron chi connectivity index (χ4n) is 3.42. The third-order valence-corrected chi connectivity index (χ3v) is 5.48. The Balaban J connectivity index is 0.00000363. The molecule has 0 atom stereocenters. The highest BCUT2D eigenvalue weighted by molar-refractivity contribution is 14.0. The Hall–Kier alpha value is -2.62. The molecule has 0 aromatic heterocycles. The lowest BCUT2D eigenvalue weighted by atomic mass is 9.85. The Morgan fingerprint density at radius 3 is 2.47 bits per heavy atom. The van der Waals surface area contributed by atoms with Gasteiger partial charge in [-0.15, -0.1) is 24.0 Å². The van der Waals surface area contributed by atoms with E-state index in [1.165, 1.54) is 0 Å². The minimum Gasteiger partial charge on any atom is -0.356 e. The van der Waals surface area contributed by atoms with Crippen molar-refractivity contribution >= 4 is 47.4 Å². The molecule has 1 aliphatic rings. The number of halogens is 1. The van der Waals surface area contributed by atoms with Crippen molar-refractivity contribution in [3.8, 4) is 0 Å². The van der Waals surface area contributed by atoms with E-state index in [9.17, 15) is 9.59 Å². The van der Waals surface area contributed by atoms with E-state index in [2.05, 4.69) is 26.3 Å². The van der Waals surface area contributed by atoms with Crippen molar-refractivity contribution in [1.82, 2.24) is 16.0 Å². The largest absolute Gasteiger partial charge is 0.356 e. The predicted molar refractivity (Wildman–Crippen MR) is 140 cm³/mol. The van der Waals surface area contributed by atoms with Crippen LogP contribution >= 0.6 is 24.0 Å². The summed E-state index contributed by atoms with van der Waals surface area (Å²) in [6.45, 7) is 1.29. The summed E-state index contributed by atoms with van der Waals surface area (Å²) in [5.74, 6) is 0.904. The Morgan fingerprint density at radius 2 is 1.78 bits per heavy atom. The number of nitrogens with zero attached hydrogens (tertiary/aromatic N) is 1. The molecule has 0 spiro atoms. The van der Waals surface area contributed by atoms with E-state index in [-0.39, 0.29) is 41.7 Å². The highest BCUT2D eigenvalue weighted by atomic mass is 127. The van der Waals surface area contributed by atoms with Crippen LogP contribution in [0.15, 0.2) is 53.5 Å². The second-order valence-electron chi connectivity index (χ2n) is 7.70. The number of hydrogen-bond donors (Lipinski definition) is 4. The number of carbonyl (C=O) groups excluding carboxylic acids is 2. The van der Waals surface area contributed by atoms with Crippen LogP contribution in [0.25, 0.3) is 0 Å². The first-order chi connectivity index (χ1) is 15.1. The van der Waals surface area contributed by atoms with Gasteiger partial charge in [0.05, 0.1) is 0 Å². The van der Waals surface area contributed by atoms with E-state index in [1.807, 2.05) is 42.5 Å². The Kier molecular flexibility index (Phi) is 10.5. The van der Waals surface area contributed by atoms with Crippen molar-refractivity contribution in [3.63, 3.8) is 0 Å². The Labute approximate surface area is 206 Å². The Bertz CT molecular complexity index is 943. The van der Waals surface area contributed by atoms with Crippen LogP contribution in [-0.4, -0.2) is 38.4 Å². The lowest BCUT2D eigenvalue weighted by Crippen LogP contribution is -2.37. The minimum atomic E-state index is -0.0848. The number of nitrogens with one attached hydrogen (secondary N) is 4. The molecule has 0 unspecified atom stereocenters. The zero-order valence-electron chi connectivity index (χ0n) is 18.6. The van der Waals surface area contributed by atoms with Gasteiger partial charge in [-0.1, -0.05) is 30.7 Å². The number of hydrogen-bond acceptors (Lipinski definition) is 3. The molecule has 4 N–H and O–H groups in total.